The summed E-state index contributed by atoms with van der Waals surface area (Å²) in [7, 11) is 0. The molecule has 0 unspecified atom stereocenters. The molecule has 3 heteroatoms. The van der Waals surface area contributed by atoms with E-state index in [0.717, 1.165) is 0 Å². The molecule has 0 aromatic heterocycles. The van der Waals surface area contributed by atoms with Crippen molar-refractivity contribution in [3.63, 3.8) is 0 Å². The van der Waals surface area contributed by atoms with Crippen LogP contribution in [0, 0.1) is 12.3 Å². The van der Waals surface area contributed by atoms with E-state index in [1.54, 1.807) is 5.92 Å². The van der Waals surface area contributed by atoms with Crippen LogP contribution in [0.2, 0.25) is 0 Å². The molecule has 6 heavy (non-hydrogen) atoms. The predicted octanol–water partition coefficient (Wildman–Crippen LogP) is 0.196. The van der Waals surface area contributed by atoms with Crippen LogP contribution in [0.4, 0.5) is 0 Å². The summed E-state index contributed by atoms with van der Waals surface area (Å²) in [4.78, 5) is 9.24. The number of rotatable bonds is 0. The summed E-state index contributed by atoms with van der Waals surface area (Å²) < 4.78 is 0. The molecular weight excluding hydrogens is 250 g/mol. The molecule has 0 aliphatic carbocycles. The van der Waals surface area contributed by atoms with E-state index >= 15 is 0 Å². The Labute approximate surface area is 50.4 Å². The average Bonchev–Trinajstić information content (AvgIpc) is 1.38. The van der Waals surface area contributed by atoms with E-state index in [1.807, 2.05) is 0 Å². The maximum atomic E-state index is 9.24. The summed E-state index contributed by atoms with van der Waals surface area (Å²) >= 11 is 0. The molecule has 0 aromatic rings. The Morgan fingerprint density at radius 1 is 1.83 bits per heavy atom. The Morgan fingerprint density at radius 2 is 2.00 bits per heavy atom. The van der Waals surface area contributed by atoms with Gasteiger partial charge in [0.15, 0.2) is 0 Å². The molecule has 32 valence electrons. The third kappa shape index (κ3) is 9.31. The molecule has 0 heterocycles. The number of hydrogen-bond donors (Lipinski definition) is 0. The molecule has 0 aromatic carbocycles. The van der Waals surface area contributed by atoms with E-state index in [0.29, 0.717) is 0 Å². The van der Waals surface area contributed by atoms with Crippen LogP contribution in [0.15, 0.2) is 0 Å². The first-order valence-electron chi connectivity index (χ1n) is 0.993. The van der Waals surface area contributed by atoms with Gasteiger partial charge in [-0.05, 0) is 0 Å². The van der Waals surface area contributed by atoms with Crippen LogP contribution >= 0.6 is 0 Å². The van der Waals surface area contributed by atoms with Crippen molar-refractivity contribution in [2.24, 2.45) is 0 Å². The van der Waals surface area contributed by atoms with Gasteiger partial charge in [0.05, 0.1) is 0 Å². The first-order valence-corrected chi connectivity index (χ1v) is 0.993. The zero-order valence-electron chi connectivity index (χ0n) is 2.89. The molecule has 0 saturated heterocycles. The molecule has 0 rings (SSSR count). The fourth-order valence-electron chi connectivity index (χ4n) is 0. The third-order valence-electron chi connectivity index (χ3n) is 0.131. The Bertz CT molecular complexity index is 83.3. The number of terminal acetylenes is 1. The SMILES string of the molecule is C#CC([NH-])=O.[W]. The van der Waals surface area contributed by atoms with Gasteiger partial charge in [0, 0.05) is 21.1 Å². The minimum absolute atomic E-state index is 0. The van der Waals surface area contributed by atoms with E-state index in [1.165, 1.54) is 0 Å². The number of carbonyl (C=O) groups excluding carboxylic acids is 1. The smallest absolute Gasteiger partial charge is 0.124 e. The first-order chi connectivity index (χ1) is 2.27. The van der Waals surface area contributed by atoms with Gasteiger partial charge < -0.3 is 10.5 Å². The number of carbonyl (C=O) groups is 1. The molecule has 0 spiro atoms. The molecule has 0 aliphatic rings. The van der Waals surface area contributed by atoms with Crippen molar-refractivity contribution in [2.45, 2.75) is 0 Å². The first kappa shape index (κ1) is 9.21. The van der Waals surface area contributed by atoms with Gasteiger partial charge in [-0.3, -0.25) is 0 Å². The Morgan fingerprint density at radius 3 is 2.00 bits per heavy atom. The molecule has 0 radical (unpaired) electrons. The summed E-state index contributed by atoms with van der Waals surface area (Å²) in [6.07, 6.45) is 4.38. The van der Waals surface area contributed by atoms with Gasteiger partial charge in [-0.2, -0.15) is 0 Å². The maximum Gasteiger partial charge on any atom is 0.124 e. The number of hydrogen-bond acceptors (Lipinski definition) is 1. The van der Waals surface area contributed by atoms with Gasteiger partial charge in [0.2, 0.25) is 0 Å². The standard InChI is InChI=1S/C3H3NO.W/c1-2-3(4)5;/h1H,(H2,4,5);/p-1. The molecule has 0 saturated carbocycles. The van der Waals surface area contributed by atoms with Crippen LogP contribution < -0.4 is 0 Å². The monoisotopic (exact) mass is 252 g/mol. The van der Waals surface area contributed by atoms with Crippen molar-refractivity contribution in [1.82, 2.24) is 0 Å². The van der Waals surface area contributed by atoms with Crippen molar-refractivity contribution >= 4 is 5.91 Å². The van der Waals surface area contributed by atoms with Crippen molar-refractivity contribution in [2.75, 3.05) is 0 Å². The van der Waals surface area contributed by atoms with E-state index in [9.17, 15) is 4.79 Å². The van der Waals surface area contributed by atoms with Gasteiger partial charge in [-0.1, -0.05) is 5.92 Å². The summed E-state index contributed by atoms with van der Waals surface area (Å²) in [5.41, 5.74) is 5.95. The maximum absolute atomic E-state index is 9.24. The van der Waals surface area contributed by atoms with Crippen molar-refractivity contribution in [3.8, 4) is 12.3 Å². The number of nitrogens with one attached hydrogen (secondary N) is 1. The van der Waals surface area contributed by atoms with E-state index in [-0.39, 0.29) is 21.1 Å². The van der Waals surface area contributed by atoms with E-state index < -0.39 is 5.91 Å². The van der Waals surface area contributed by atoms with Gasteiger partial charge in [-0.15, -0.1) is 6.42 Å². The second kappa shape index (κ2) is 4.72. The Kier molecular flexibility index (Phi) is 7.24. The molecule has 1 N–H and O–H groups in total. The summed E-state index contributed by atoms with van der Waals surface area (Å²) in [5, 5.41) is 0. The Balaban J connectivity index is 0. The van der Waals surface area contributed by atoms with Crippen molar-refractivity contribution < 1.29 is 25.9 Å². The fourth-order valence-corrected chi connectivity index (χ4v) is 0. The average molecular weight is 252 g/mol. The normalized spacial score (nSPS) is 4.50. The quantitative estimate of drug-likeness (QED) is 0.567. The van der Waals surface area contributed by atoms with Gasteiger partial charge in [0.1, 0.15) is 5.91 Å². The zero-order chi connectivity index (χ0) is 4.28. The largest absolute Gasteiger partial charge is 0.656 e. The minimum Gasteiger partial charge on any atom is -0.656 e. The zero-order valence-corrected chi connectivity index (χ0v) is 5.83. The molecule has 1 amide bonds. The molecule has 2 nitrogen and oxygen atoms in total. The predicted molar refractivity (Wildman–Crippen MR) is 18.2 cm³/mol. The minimum atomic E-state index is -0.968. The van der Waals surface area contributed by atoms with Crippen molar-refractivity contribution in [3.05, 3.63) is 5.73 Å². The number of amides is 1. The Hall–Kier alpha value is -0.282. The summed E-state index contributed by atoms with van der Waals surface area (Å²) in [6.45, 7) is 0. The second-order valence-electron chi connectivity index (χ2n) is 0.473. The molecular formula is C3H2NOW-. The van der Waals surface area contributed by atoms with Crippen LogP contribution in [0.1, 0.15) is 0 Å². The fraction of sp³-hybridized carbons (Fsp3) is 0. The van der Waals surface area contributed by atoms with Crippen LogP contribution in [-0.2, 0) is 25.9 Å². The second-order valence-corrected chi connectivity index (χ2v) is 0.473. The van der Waals surface area contributed by atoms with Gasteiger partial charge in [-0.25, -0.2) is 0 Å². The van der Waals surface area contributed by atoms with Crippen molar-refractivity contribution in [1.29, 1.82) is 0 Å². The van der Waals surface area contributed by atoms with Crippen LogP contribution in [-0.4, -0.2) is 5.91 Å². The molecule has 0 bridgehead atoms. The van der Waals surface area contributed by atoms with E-state index in [2.05, 4.69) is 6.42 Å². The van der Waals surface area contributed by atoms with Crippen LogP contribution in [0.5, 0.6) is 0 Å². The van der Waals surface area contributed by atoms with Gasteiger partial charge in [0.25, 0.3) is 0 Å². The van der Waals surface area contributed by atoms with Gasteiger partial charge >= 0.3 is 0 Å². The third-order valence-corrected chi connectivity index (χ3v) is 0.131. The van der Waals surface area contributed by atoms with Crippen LogP contribution in [0.25, 0.3) is 5.73 Å². The van der Waals surface area contributed by atoms with Crippen LogP contribution in [0.3, 0.4) is 0 Å². The summed E-state index contributed by atoms with van der Waals surface area (Å²) in [6, 6.07) is 0. The molecule has 0 atom stereocenters. The van der Waals surface area contributed by atoms with E-state index in [4.69, 9.17) is 5.73 Å². The summed E-state index contributed by atoms with van der Waals surface area (Å²) in [5.74, 6) is 0.588. The molecule has 0 aliphatic heterocycles. The topological polar surface area (TPSA) is 40.9 Å². The molecule has 0 fully saturated rings.